The average Bonchev–Trinajstić information content (AvgIpc) is 2.20. The molecule has 1 aliphatic rings. The number of carbonyl (C=O) groups is 1. The molecule has 10 heavy (non-hydrogen) atoms. The first-order valence-corrected chi connectivity index (χ1v) is 4.23. The lowest BCUT2D eigenvalue weighted by Crippen LogP contribution is -2.28. The van der Waals surface area contributed by atoms with Gasteiger partial charge >= 0.3 is 0 Å². The molecule has 58 valence electrons. The number of hydrogen-bond acceptors (Lipinski definition) is 4. The van der Waals surface area contributed by atoms with Gasteiger partial charge in [0.05, 0.1) is 18.4 Å². The highest BCUT2D eigenvalue weighted by Gasteiger charge is 2.28. The number of β-amino-alcohol motifs (C(OH)–C–C–N with tert-alkyl or cyclic N) is 1. The summed E-state index contributed by atoms with van der Waals surface area (Å²) < 4.78 is 1.92. The topological polar surface area (TPSA) is 40.5 Å². The summed E-state index contributed by atoms with van der Waals surface area (Å²) in [5.74, 6) is 0.833. The van der Waals surface area contributed by atoms with Crippen LogP contribution in [0.3, 0.4) is 0 Å². The number of rotatable bonds is 2. The van der Waals surface area contributed by atoms with Crippen molar-refractivity contribution < 1.29 is 9.90 Å². The Balaban J connectivity index is 2.41. The first-order chi connectivity index (χ1) is 4.75. The van der Waals surface area contributed by atoms with E-state index >= 15 is 0 Å². The maximum Gasteiger partial charge on any atom is 0.161 e. The highest BCUT2D eigenvalue weighted by Crippen LogP contribution is 2.22. The van der Waals surface area contributed by atoms with E-state index in [1.54, 1.807) is 0 Å². The molecule has 0 aromatic rings. The van der Waals surface area contributed by atoms with Crippen molar-refractivity contribution in [2.45, 2.75) is 13.0 Å². The average molecular weight is 161 g/mol. The van der Waals surface area contributed by atoms with Gasteiger partial charge in [-0.05, 0) is 6.92 Å². The monoisotopic (exact) mass is 161 g/mol. The van der Waals surface area contributed by atoms with Crippen molar-refractivity contribution in [3.05, 3.63) is 0 Å². The maximum atomic E-state index is 10.9. The molecule has 0 saturated carbocycles. The van der Waals surface area contributed by atoms with Crippen LogP contribution in [0, 0.1) is 0 Å². The number of aliphatic hydroxyl groups is 1. The molecule has 1 saturated heterocycles. The Morgan fingerprint density at radius 3 is 3.00 bits per heavy atom. The van der Waals surface area contributed by atoms with E-state index in [4.69, 9.17) is 5.11 Å². The number of nitrogens with zero attached hydrogens (tertiary/aromatic N) is 1. The zero-order chi connectivity index (χ0) is 7.56. The third-order valence-corrected chi connectivity index (χ3v) is 2.84. The zero-order valence-electron chi connectivity index (χ0n) is 5.91. The summed E-state index contributed by atoms with van der Waals surface area (Å²) in [4.78, 5) is 10.9. The lowest BCUT2D eigenvalue weighted by Gasteiger charge is -2.15. The molecule has 0 amide bonds. The van der Waals surface area contributed by atoms with Crippen molar-refractivity contribution >= 4 is 17.7 Å². The van der Waals surface area contributed by atoms with Gasteiger partial charge in [0.25, 0.3) is 0 Å². The summed E-state index contributed by atoms with van der Waals surface area (Å²) in [6, 6.07) is -0.00264. The Hall–Kier alpha value is -0.0600. The molecule has 0 aliphatic carbocycles. The van der Waals surface area contributed by atoms with Crippen molar-refractivity contribution in [1.82, 2.24) is 4.31 Å². The molecule has 1 atom stereocenters. The van der Waals surface area contributed by atoms with Crippen molar-refractivity contribution in [2.75, 3.05) is 18.9 Å². The van der Waals surface area contributed by atoms with Crippen molar-refractivity contribution in [2.24, 2.45) is 0 Å². The Morgan fingerprint density at radius 2 is 2.60 bits per heavy atom. The molecule has 1 unspecified atom stereocenters. The molecule has 1 N–H and O–H groups in total. The van der Waals surface area contributed by atoms with E-state index < -0.39 is 0 Å². The third-order valence-electron chi connectivity index (χ3n) is 1.59. The fraction of sp³-hybridized carbons (Fsp3) is 0.833. The molecular formula is C6H11NO2S. The van der Waals surface area contributed by atoms with E-state index in [1.807, 2.05) is 11.2 Å². The van der Waals surface area contributed by atoms with E-state index in [0.29, 0.717) is 12.3 Å². The summed E-state index contributed by atoms with van der Waals surface area (Å²) in [6.45, 7) is 2.60. The van der Waals surface area contributed by atoms with Gasteiger partial charge in [0, 0.05) is 6.54 Å². The normalized spacial score (nSPS) is 27.8. The Morgan fingerprint density at radius 1 is 1.90 bits per heavy atom. The van der Waals surface area contributed by atoms with Gasteiger partial charge in [0.15, 0.2) is 5.78 Å². The van der Waals surface area contributed by atoms with Crippen LogP contribution < -0.4 is 0 Å². The molecule has 0 aromatic carbocycles. The van der Waals surface area contributed by atoms with Gasteiger partial charge in [-0.1, -0.05) is 11.9 Å². The first-order valence-electron chi connectivity index (χ1n) is 3.29. The molecule has 0 bridgehead atoms. The second-order valence-corrected chi connectivity index (χ2v) is 3.30. The van der Waals surface area contributed by atoms with Crippen LogP contribution in [0.1, 0.15) is 6.92 Å². The largest absolute Gasteiger partial charge is 0.395 e. The van der Waals surface area contributed by atoms with Gasteiger partial charge in [0.2, 0.25) is 0 Å². The first kappa shape index (κ1) is 8.04. The van der Waals surface area contributed by atoms with Crippen LogP contribution in [-0.2, 0) is 4.79 Å². The molecule has 0 radical (unpaired) electrons. The summed E-state index contributed by atoms with van der Waals surface area (Å²) in [7, 11) is 0. The van der Waals surface area contributed by atoms with Gasteiger partial charge in [-0.25, -0.2) is 4.31 Å². The SMILES string of the molecule is CC1C(=O)CSN1CCO. The molecule has 0 spiro atoms. The maximum absolute atomic E-state index is 10.9. The van der Waals surface area contributed by atoms with Crippen molar-refractivity contribution in [3.63, 3.8) is 0 Å². The van der Waals surface area contributed by atoms with E-state index in [9.17, 15) is 4.79 Å². The van der Waals surface area contributed by atoms with Crippen LogP contribution in [0.5, 0.6) is 0 Å². The molecule has 1 heterocycles. The minimum Gasteiger partial charge on any atom is -0.395 e. The molecule has 4 heteroatoms. The fourth-order valence-corrected chi connectivity index (χ4v) is 1.98. The van der Waals surface area contributed by atoms with Crippen LogP contribution in [0.25, 0.3) is 0 Å². The van der Waals surface area contributed by atoms with Crippen molar-refractivity contribution in [1.29, 1.82) is 0 Å². The quantitative estimate of drug-likeness (QED) is 0.574. The number of aliphatic hydroxyl groups excluding tert-OH is 1. The Bertz CT molecular complexity index is 140. The molecule has 0 aromatic heterocycles. The summed E-state index contributed by atoms with van der Waals surface area (Å²) in [6.07, 6.45) is 0. The van der Waals surface area contributed by atoms with Crippen LogP contribution in [0.15, 0.2) is 0 Å². The van der Waals surface area contributed by atoms with Crippen LogP contribution in [-0.4, -0.2) is 40.1 Å². The highest BCUT2D eigenvalue weighted by molar-refractivity contribution is 7.98. The standard InChI is InChI=1S/C6H11NO2S/c1-5-6(9)4-10-7(5)2-3-8/h5,8H,2-4H2,1H3. The Kier molecular flexibility index (Phi) is 2.71. The summed E-state index contributed by atoms with van der Waals surface area (Å²) >= 11 is 1.51. The van der Waals surface area contributed by atoms with Crippen LogP contribution in [0.2, 0.25) is 0 Å². The predicted molar refractivity (Wildman–Crippen MR) is 40.7 cm³/mol. The Labute approximate surface area is 64.5 Å². The van der Waals surface area contributed by atoms with Gasteiger partial charge in [-0.3, -0.25) is 4.79 Å². The zero-order valence-corrected chi connectivity index (χ0v) is 6.73. The molecular weight excluding hydrogens is 150 g/mol. The second kappa shape index (κ2) is 3.37. The van der Waals surface area contributed by atoms with Gasteiger partial charge < -0.3 is 5.11 Å². The second-order valence-electron chi connectivity index (χ2n) is 2.28. The van der Waals surface area contributed by atoms with E-state index in [2.05, 4.69) is 0 Å². The predicted octanol–water partition coefficient (Wildman–Crippen LogP) is -0.0999. The molecule has 1 rings (SSSR count). The minimum atomic E-state index is -0.00264. The van der Waals surface area contributed by atoms with Crippen molar-refractivity contribution in [3.8, 4) is 0 Å². The third kappa shape index (κ3) is 1.51. The number of ketones is 1. The van der Waals surface area contributed by atoms with Crippen LogP contribution >= 0.6 is 11.9 Å². The molecule has 1 aliphatic heterocycles. The fourth-order valence-electron chi connectivity index (χ4n) is 0.896. The summed E-state index contributed by atoms with van der Waals surface area (Å²) in [5, 5.41) is 8.56. The van der Waals surface area contributed by atoms with Gasteiger partial charge in [0.1, 0.15) is 0 Å². The summed E-state index contributed by atoms with van der Waals surface area (Å²) in [5.41, 5.74) is 0. The van der Waals surface area contributed by atoms with Gasteiger partial charge in [-0.15, -0.1) is 0 Å². The molecule has 3 nitrogen and oxygen atoms in total. The lowest BCUT2D eigenvalue weighted by molar-refractivity contribution is -0.118. The minimum absolute atomic E-state index is 0.00264. The number of carbonyl (C=O) groups excluding carboxylic acids is 1. The van der Waals surface area contributed by atoms with E-state index in [-0.39, 0.29) is 18.4 Å². The van der Waals surface area contributed by atoms with Crippen LogP contribution in [0.4, 0.5) is 0 Å². The number of Topliss-reactive ketones (excluding diaryl/α,β-unsaturated/α-hetero) is 1. The number of hydrogen-bond donors (Lipinski definition) is 1. The molecule has 1 fully saturated rings. The van der Waals surface area contributed by atoms with E-state index in [0.717, 1.165) is 0 Å². The lowest BCUT2D eigenvalue weighted by atomic mass is 10.2. The highest BCUT2D eigenvalue weighted by atomic mass is 32.2. The van der Waals surface area contributed by atoms with E-state index in [1.165, 1.54) is 11.9 Å². The smallest absolute Gasteiger partial charge is 0.161 e. The van der Waals surface area contributed by atoms with Gasteiger partial charge in [-0.2, -0.15) is 0 Å².